The average molecular weight is 290 g/mol. The summed E-state index contributed by atoms with van der Waals surface area (Å²) in [6.07, 6.45) is 2.09. The van der Waals surface area contributed by atoms with E-state index in [2.05, 4.69) is 4.98 Å². The van der Waals surface area contributed by atoms with Crippen molar-refractivity contribution in [3.63, 3.8) is 0 Å². The zero-order chi connectivity index (χ0) is 14.1. The van der Waals surface area contributed by atoms with Crippen molar-refractivity contribution in [3.05, 3.63) is 64.7 Å². The van der Waals surface area contributed by atoms with Crippen molar-refractivity contribution in [1.29, 1.82) is 0 Å². The standard InChI is InChI=1S/C15H12F2N2S/c16-11-3-9(4-12(17)7-11)5-13(18)10-6-15-14(19-8-10)1-2-20-15/h1-4,6-8,13H,5,18H2. The summed E-state index contributed by atoms with van der Waals surface area (Å²) in [6.45, 7) is 0. The lowest BCUT2D eigenvalue weighted by molar-refractivity contribution is 0.576. The van der Waals surface area contributed by atoms with Crippen molar-refractivity contribution in [2.75, 3.05) is 0 Å². The summed E-state index contributed by atoms with van der Waals surface area (Å²) in [5.41, 5.74) is 8.45. The van der Waals surface area contributed by atoms with E-state index in [0.29, 0.717) is 12.0 Å². The first-order chi connectivity index (χ1) is 9.61. The fourth-order valence-electron chi connectivity index (χ4n) is 2.16. The number of hydrogen-bond acceptors (Lipinski definition) is 3. The van der Waals surface area contributed by atoms with E-state index < -0.39 is 11.6 Å². The summed E-state index contributed by atoms with van der Waals surface area (Å²) in [4.78, 5) is 4.32. The number of nitrogens with zero attached hydrogens (tertiary/aromatic N) is 1. The summed E-state index contributed by atoms with van der Waals surface area (Å²) in [5, 5.41) is 1.97. The van der Waals surface area contributed by atoms with E-state index in [4.69, 9.17) is 5.73 Å². The Morgan fingerprint density at radius 3 is 2.65 bits per heavy atom. The molecule has 0 bridgehead atoms. The maximum Gasteiger partial charge on any atom is 0.126 e. The predicted molar refractivity (Wildman–Crippen MR) is 76.6 cm³/mol. The van der Waals surface area contributed by atoms with Gasteiger partial charge in [-0.25, -0.2) is 8.78 Å². The number of thiophene rings is 1. The van der Waals surface area contributed by atoms with Gasteiger partial charge < -0.3 is 5.73 Å². The molecular formula is C15H12F2N2S. The smallest absolute Gasteiger partial charge is 0.126 e. The molecule has 5 heteroatoms. The highest BCUT2D eigenvalue weighted by Gasteiger charge is 2.11. The molecule has 0 radical (unpaired) electrons. The van der Waals surface area contributed by atoms with E-state index in [-0.39, 0.29) is 6.04 Å². The van der Waals surface area contributed by atoms with E-state index in [0.717, 1.165) is 21.8 Å². The van der Waals surface area contributed by atoms with Crippen LogP contribution in [-0.4, -0.2) is 4.98 Å². The fraction of sp³-hybridized carbons (Fsp3) is 0.133. The Labute approximate surface area is 118 Å². The predicted octanol–water partition coefficient (Wildman–Crippen LogP) is 3.82. The van der Waals surface area contributed by atoms with Gasteiger partial charge in [-0.05, 0) is 47.2 Å². The normalized spacial score (nSPS) is 12.8. The first kappa shape index (κ1) is 13.1. The number of rotatable bonds is 3. The van der Waals surface area contributed by atoms with Crippen molar-refractivity contribution in [3.8, 4) is 0 Å². The Morgan fingerprint density at radius 2 is 1.90 bits per heavy atom. The highest BCUT2D eigenvalue weighted by molar-refractivity contribution is 7.17. The van der Waals surface area contributed by atoms with Gasteiger partial charge in [0.1, 0.15) is 11.6 Å². The minimum absolute atomic E-state index is 0.338. The molecule has 2 aromatic heterocycles. The summed E-state index contributed by atoms with van der Waals surface area (Å²) in [6, 6.07) is 7.05. The lowest BCUT2D eigenvalue weighted by atomic mass is 10.0. The number of pyridine rings is 1. The SMILES string of the molecule is NC(Cc1cc(F)cc(F)c1)c1cnc2ccsc2c1. The molecule has 0 amide bonds. The van der Waals surface area contributed by atoms with Crippen LogP contribution in [0.2, 0.25) is 0 Å². The lowest BCUT2D eigenvalue weighted by Gasteiger charge is -2.12. The second-order valence-electron chi connectivity index (χ2n) is 4.66. The molecule has 3 rings (SSSR count). The third-order valence-corrected chi connectivity index (χ3v) is 3.98. The highest BCUT2D eigenvalue weighted by atomic mass is 32.1. The van der Waals surface area contributed by atoms with E-state index in [1.54, 1.807) is 17.5 Å². The molecule has 1 aromatic carbocycles. The molecule has 1 atom stereocenters. The van der Waals surface area contributed by atoms with E-state index in [1.807, 2.05) is 17.5 Å². The summed E-state index contributed by atoms with van der Waals surface area (Å²) in [5.74, 6) is -1.17. The van der Waals surface area contributed by atoms with Gasteiger partial charge in [0.2, 0.25) is 0 Å². The molecule has 2 heterocycles. The zero-order valence-electron chi connectivity index (χ0n) is 10.5. The third kappa shape index (κ3) is 2.69. The largest absolute Gasteiger partial charge is 0.324 e. The third-order valence-electron chi connectivity index (χ3n) is 3.13. The molecule has 0 spiro atoms. The molecule has 3 aromatic rings. The van der Waals surface area contributed by atoms with Gasteiger partial charge in [0.05, 0.1) is 10.2 Å². The maximum absolute atomic E-state index is 13.2. The van der Waals surface area contributed by atoms with Gasteiger partial charge in [0, 0.05) is 18.3 Å². The molecule has 0 saturated heterocycles. The molecule has 1 unspecified atom stereocenters. The number of hydrogen-bond donors (Lipinski definition) is 1. The van der Waals surface area contributed by atoms with Crippen LogP contribution in [0.1, 0.15) is 17.2 Å². The molecule has 0 aliphatic rings. The van der Waals surface area contributed by atoms with Crippen LogP contribution in [-0.2, 0) is 6.42 Å². The van der Waals surface area contributed by atoms with Crippen LogP contribution >= 0.6 is 11.3 Å². The van der Waals surface area contributed by atoms with Gasteiger partial charge in [0.15, 0.2) is 0 Å². The number of aromatic nitrogens is 1. The van der Waals surface area contributed by atoms with Gasteiger partial charge in [-0.15, -0.1) is 11.3 Å². The molecule has 102 valence electrons. The molecule has 0 fully saturated rings. The number of benzene rings is 1. The fourth-order valence-corrected chi connectivity index (χ4v) is 2.95. The Kier molecular flexibility index (Phi) is 3.46. The lowest BCUT2D eigenvalue weighted by Crippen LogP contribution is -2.13. The maximum atomic E-state index is 13.2. The average Bonchev–Trinajstić information content (AvgIpc) is 2.84. The highest BCUT2D eigenvalue weighted by Crippen LogP contribution is 2.24. The first-order valence-corrected chi connectivity index (χ1v) is 7.03. The van der Waals surface area contributed by atoms with Gasteiger partial charge in [-0.1, -0.05) is 0 Å². The van der Waals surface area contributed by atoms with Crippen LogP contribution in [0.3, 0.4) is 0 Å². The van der Waals surface area contributed by atoms with Gasteiger partial charge in [0.25, 0.3) is 0 Å². The minimum Gasteiger partial charge on any atom is -0.324 e. The van der Waals surface area contributed by atoms with Crippen molar-refractivity contribution in [1.82, 2.24) is 4.98 Å². The van der Waals surface area contributed by atoms with Crippen LogP contribution in [0.15, 0.2) is 41.9 Å². The van der Waals surface area contributed by atoms with E-state index in [1.165, 1.54) is 12.1 Å². The molecular weight excluding hydrogens is 278 g/mol. The molecule has 2 N–H and O–H groups in total. The van der Waals surface area contributed by atoms with Gasteiger partial charge in [-0.3, -0.25) is 4.98 Å². The Hall–Kier alpha value is -1.85. The molecule has 2 nitrogen and oxygen atoms in total. The van der Waals surface area contributed by atoms with Crippen LogP contribution < -0.4 is 5.73 Å². The van der Waals surface area contributed by atoms with Crippen molar-refractivity contribution in [2.24, 2.45) is 5.73 Å². The second-order valence-corrected chi connectivity index (χ2v) is 5.61. The van der Waals surface area contributed by atoms with Crippen molar-refractivity contribution < 1.29 is 8.78 Å². The van der Waals surface area contributed by atoms with Gasteiger partial charge >= 0.3 is 0 Å². The van der Waals surface area contributed by atoms with Crippen LogP contribution in [0, 0.1) is 11.6 Å². The van der Waals surface area contributed by atoms with Crippen LogP contribution in [0.4, 0.5) is 8.78 Å². The van der Waals surface area contributed by atoms with Crippen LogP contribution in [0.5, 0.6) is 0 Å². The molecule has 0 saturated carbocycles. The molecule has 20 heavy (non-hydrogen) atoms. The number of fused-ring (bicyclic) bond motifs is 1. The quantitative estimate of drug-likeness (QED) is 0.796. The summed E-state index contributed by atoms with van der Waals surface area (Å²) >= 11 is 1.59. The number of halogens is 2. The summed E-state index contributed by atoms with van der Waals surface area (Å²) in [7, 11) is 0. The van der Waals surface area contributed by atoms with Gasteiger partial charge in [-0.2, -0.15) is 0 Å². The van der Waals surface area contributed by atoms with Crippen molar-refractivity contribution in [2.45, 2.75) is 12.5 Å². The Morgan fingerprint density at radius 1 is 1.15 bits per heavy atom. The Balaban J connectivity index is 1.86. The zero-order valence-corrected chi connectivity index (χ0v) is 11.3. The second kappa shape index (κ2) is 5.26. The summed E-state index contributed by atoms with van der Waals surface area (Å²) < 4.78 is 27.4. The topological polar surface area (TPSA) is 38.9 Å². The number of nitrogens with two attached hydrogens (primary N) is 1. The Bertz CT molecular complexity index is 734. The molecule has 0 aliphatic heterocycles. The van der Waals surface area contributed by atoms with E-state index in [9.17, 15) is 8.78 Å². The monoisotopic (exact) mass is 290 g/mol. The van der Waals surface area contributed by atoms with Crippen LogP contribution in [0.25, 0.3) is 10.2 Å². The van der Waals surface area contributed by atoms with Crippen molar-refractivity contribution >= 4 is 21.6 Å². The van der Waals surface area contributed by atoms with E-state index >= 15 is 0 Å². The molecule has 0 aliphatic carbocycles. The first-order valence-electron chi connectivity index (χ1n) is 6.15. The minimum atomic E-state index is -0.584.